The molecule has 0 aromatic carbocycles. The van der Waals surface area contributed by atoms with Crippen molar-refractivity contribution >= 4 is 11.6 Å². The number of hydrogen-bond donors (Lipinski definition) is 1. The van der Waals surface area contributed by atoms with Crippen molar-refractivity contribution in [3.05, 3.63) is 23.5 Å². The maximum absolute atomic E-state index is 4.73. The van der Waals surface area contributed by atoms with Crippen molar-refractivity contribution in [3.63, 3.8) is 0 Å². The zero-order valence-electron chi connectivity index (χ0n) is 12.8. The SMILES string of the molecule is CCNc1nc(CC)nc(N2CCn3cnnc3C2)c1C. The Morgan fingerprint density at radius 1 is 1.24 bits per heavy atom. The molecule has 0 spiro atoms. The molecule has 0 amide bonds. The molecule has 0 saturated heterocycles. The first-order chi connectivity index (χ1) is 10.2. The van der Waals surface area contributed by atoms with Gasteiger partial charge in [-0.05, 0) is 13.8 Å². The minimum absolute atomic E-state index is 0.743. The Kier molecular flexibility index (Phi) is 3.72. The van der Waals surface area contributed by atoms with Crippen molar-refractivity contribution in [1.29, 1.82) is 0 Å². The number of fused-ring (bicyclic) bond motifs is 1. The van der Waals surface area contributed by atoms with E-state index in [4.69, 9.17) is 4.98 Å². The Morgan fingerprint density at radius 3 is 2.86 bits per heavy atom. The number of nitrogens with one attached hydrogen (secondary N) is 1. The first-order valence-electron chi connectivity index (χ1n) is 7.46. The molecule has 1 N–H and O–H groups in total. The summed E-state index contributed by atoms with van der Waals surface area (Å²) in [4.78, 5) is 11.6. The Morgan fingerprint density at radius 2 is 2.10 bits per heavy atom. The molecular formula is C14H21N7. The van der Waals surface area contributed by atoms with E-state index in [1.807, 2.05) is 0 Å². The van der Waals surface area contributed by atoms with Crippen molar-refractivity contribution in [2.75, 3.05) is 23.3 Å². The van der Waals surface area contributed by atoms with Gasteiger partial charge in [0, 0.05) is 31.6 Å². The van der Waals surface area contributed by atoms with Crippen molar-refractivity contribution in [2.24, 2.45) is 0 Å². The van der Waals surface area contributed by atoms with Gasteiger partial charge in [0.1, 0.15) is 23.8 Å². The highest BCUT2D eigenvalue weighted by Crippen LogP contribution is 2.26. The van der Waals surface area contributed by atoms with Crippen LogP contribution in [-0.4, -0.2) is 37.8 Å². The number of hydrogen-bond acceptors (Lipinski definition) is 6. The van der Waals surface area contributed by atoms with Crippen LogP contribution >= 0.6 is 0 Å². The Labute approximate surface area is 124 Å². The number of nitrogens with zero attached hydrogens (tertiary/aromatic N) is 6. The molecule has 1 aliphatic heterocycles. The normalized spacial score (nSPS) is 14.1. The fourth-order valence-electron chi connectivity index (χ4n) is 2.60. The minimum atomic E-state index is 0.743. The molecule has 7 heteroatoms. The third kappa shape index (κ3) is 2.55. The van der Waals surface area contributed by atoms with Gasteiger partial charge in [0.25, 0.3) is 0 Å². The molecule has 0 unspecified atom stereocenters. The summed E-state index contributed by atoms with van der Waals surface area (Å²) in [6.45, 7) is 9.64. The lowest BCUT2D eigenvalue weighted by atomic mass is 10.2. The molecule has 112 valence electrons. The monoisotopic (exact) mass is 287 g/mol. The van der Waals surface area contributed by atoms with Crippen LogP contribution in [0, 0.1) is 6.92 Å². The topological polar surface area (TPSA) is 71.8 Å². The Balaban J connectivity index is 1.96. The standard InChI is InChI=1S/C14H21N7/c1-4-11-17-13(15-5-2)10(3)14(18-11)20-6-7-21-9-16-19-12(21)8-20/h9H,4-8H2,1-3H3,(H,15,17,18). The molecule has 3 heterocycles. The average Bonchev–Trinajstić information content (AvgIpc) is 2.97. The second-order valence-electron chi connectivity index (χ2n) is 5.18. The molecule has 0 atom stereocenters. The highest BCUT2D eigenvalue weighted by atomic mass is 15.3. The van der Waals surface area contributed by atoms with E-state index in [9.17, 15) is 0 Å². The van der Waals surface area contributed by atoms with Crippen molar-refractivity contribution in [1.82, 2.24) is 24.7 Å². The fourth-order valence-corrected chi connectivity index (χ4v) is 2.60. The molecule has 2 aromatic rings. The van der Waals surface area contributed by atoms with Crippen LogP contribution < -0.4 is 10.2 Å². The summed E-state index contributed by atoms with van der Waals surface area (Å²) >= 11 is 0. The number of aryl methyl sites for hydroxylation is 1. The van der Waals surface area contributed by atoms with Crippen LogP contribution in [0.15, 0.2) is 6.33 Å². The second kappa shape index (κ2) is 5.67. The molecule has 0 fully saturated rings. The third-order valence-electron chi connectivity index (χ3n) is 3.77. The zero-order valence-corrected chi connectivity index (χ0v) is 12.8. The van der Waals surface area contributed by atoms with E-state index in [-0.39, 0.29) is 0 Å². The van der Waals surface area contributed by atoms with E-state index in [2.05, 4.69) is 50.7 Å². The van der Waals surface area contributed by atoms with Gasteiger partial charge < -0.3 is 14.8 Å². The van der Waals surface area contributed by atoms with E-state index in [0.717, 1.165) is 61.4 Å². The number of anilines is 2. The van der Waals surface area contributed by atoms with Gasteiger partial charge in [0.2, 0.25) is 0 Å². The van der Waals surface area contributed by atoms with Crippen LogP contribution in [0.1, 0.15) is 31.1 Å². The second-order valence-corrected chi connectivity index (χ2v) is 5.18. The van der Waals surface area contributed by atoms with Gasteiger partial charge in [0.05, 0.1) is 6.54 Å². The molecule has 1 aliphatic rings. The summed E-state index contributed by atoms with van der Waals surface area (Å²) in [6.07, 6.45) is 2.62. The first kappa shape index (κ1) is 13.8. The lowest BCUT2D eigenvalue weighted by Crippen LogP contribution is -2.35. The molecule has 0 bridgehead atoms. The lowest BCUT2D eigenvalue weighted by molar-refractivity contribution is 0.554. The predicted octanol–water partition coefficient (Wildman–Crippen LogP) is 1.39. The minimum Gasteiger partial charge on any atom is -0.370 e. The molecular weight excluding hydrogens is 266 g/mol. The first-order valence-corrected chi connectivity index (χ1v) is 7.46. The van der Waals surface area contributed by atoms with E-state index >= 15 is 0 Å². The van der Waals surface area contributed by atoms with Crippen LogP contribution in [0.3, 0.4) is 0 Å². The van der Waals surface area contributed by atoms with Gasteiger partial charge in [-0.3, -0.25) is 0 Å². The van der Waals surface area contributed by atoms with Gasteiger partial charge in [0.15, 0.2) is 5.82 Å². The highest BCUT2D eigenvalue weighted by Gasteiger charge is 2.22. The quantitative estimate of drug-likeness (QED) is 0.916. The highest BCUT2D eigenvalue weighted by molar-refractivity contribution is 5.58. The number of rotatable bonds is 4. The maximum Gasteiger partial charge on any atom is 0.152 e. The summed E-state index contributed by atoms with van der Waals surface area (Å²) in [6, 6.07) is 0. The molecule has 0 radical (unpaired) electrons. The van der Waals surface area contributed by atoms with Crippen LogP contribution in [-0.2, 0) is 19.5 Å². The summed E-state index contributed by atoms with van der Waals surface area (Å²) < 4.78 is 2.10. The van der Waals surface area contributed by atoms with Crippen molar-refractivity contribution in [3.8, 4) is 0 Å². The van der Waals surface area contributed by atoms with Gasteiger partial charge >= 0.3 is 0 Å². The fraction of sp³-hybridized carbons (Fsp3) is 0.571. The summed E-state index contributed by atoms with van der Waals surface area (Å²) in [7, 11) is 0. The van der Waals surface area contributed by atoms with Gasteiger partial charge in [-0.2, -0.15) is 0 Å². The lowest BCUT2D eigenvalue weighted by Gasteiger charge is -2.30. The molecule has 0 aliphatic carbocycles. The van der Waals surface area contributed by atoms with Crippen LogP contribution in [0.4, 0.5) is 11.6 Å². The molecule has 3 rings (SSSR count). The van der Waals surface area contributed by atoms with Gasteiger partial charge in [-0.15, -0.1) is 10.2 Å². The van der Waals surface area contributed by atoms with E-state index in [1.165, 1.54) is 0 Å². The summed E-state index contributed by atoms with van der Waals surface area (Å²) in [5, 5.41) is 11.5. The third-order valence-corrected chi connectivity index (χ3v) is 3.77. The molecule has 21 heavy (non-hydrogen) atoms. The zero-order chi connectivity index (χ0) is 14.8. The van der Waals surface area contributed by atoms with Crippen molar-refractivity contribution in [2.45, 2.75) is 40.3 Å². The van der Waals surface area contributed by atoms with Gasteiger partial charge in [-0.25, -0.2) is 9.97 Å². The van der Waals surface area contributed by atoms with Crippen LogP contribution in [0.2, 0.25) is 0 Å². The average molecular weight is 287 g/mol. The van der Waals surface area contributed by atoms with E-state index in [0.29, 0.717) is 0 Å². The Bertz CT molecular complexity index is 634. The van der Waals surface area contributed by atoms with Crippen LogP contribution in [0.5, 0.6) is 0 Å². The summed E-state index contributed by atoms with van der Waals surface area (Å²) in [5.41, 5.74) is 1.10. The largest absolute Gasteiger partial charge is 0.370 e. The maximum atomic E-state index is 4.73. The molecule has 0 saturated carbocycles. The summed E-state index contributed by atoms with van der Waals surface area (Å²) in [5.74, 6) is 3.80. The van der Waals surface area contributed by atoms with E-state index < -0.39 is 0 Å². The molecule has 7 nitrogen and oxygen atoms in total. The Hall–Kier alpha value is -2.18. The smallest absolute Gasteiger partial charge is 0.152 e. The van der Waals surface area contributed by atoms with Crippen LogP contribution in [0.25, 0.3) is 0 Å². The van der Waals surface area contributed by atoms with E-state index in [1.54, 1.807) is 6.33 Å². The predicted molar refractivity (Wildman–Crippen MR) is 81.4 cm³/mol. The number of aromatic nitrogens is 5. The van der Waals surface area contributed by atoms with Gasteiger partial charge in [-0.1, -0.05) is 6.92 Å². The van der Waals surface area contributed by atoms with Crippen molar-refractivity contribution < 1.29 is 0 Å². The molecule has 2 aromatic heterocycles.